The van der Waals surface area contributed by atoms with E-state index < -0.39 is 0 Å². The molecule has 4 heteroatoms. The number of para-hydroxylation sites is 1. The maximum Gasteiger partial charge on any atom is 0.223 e. The van der Waals surface area contributed by atoms with Crippen LogP contribution in [0.15, 0.2) is 60.7 Å². The van der Waals surface area contributed by atoms with E-state index in [1.54, 1.807) is 0 Å². The van der Waals surface area contributed by atoms with Crippen molar-refractivity contribution >= 4 is 11.6 Å². The number of piperidine rings is 2. The fraction of sp³-hybridized carbons (Fsp3) is 0.435. The summed E-state index contributed by atoms with van der Waals surface area (Å²) in [6.07, 6.45) is 1.77. The van der Waals surface area contributed by atoms with Gasteiger partial charge in [-0.05, 0) is 24.1 Å². The number of amides is 1. The third kappa shape index (κ3) is 4.23. The second-order valence-corrected chi connectivity index (χ2v) is 8.43. The number of primary amides is 1. The number of nitrogens with zero attached hydrogens (tertiary/aromatic N) is 2. The number of benzene rings is 2. The number of carbonyl (C=O) groups is 1. The Labute approximate surface area is 162 Å². The molecule has 0 saturated carbocycles. The summed E-state index contributed by atoms with van der Waals surface area (Å²) in [5.41, 5.74) is 8.25. The van der Waals surface area contributed by atoms with Crippen LogP contribution < -0.4 is 10.2 Å². The third-order valence-corrected chi connectivity index (χ3v) is 6.25. The molecule has 0 spiro atoms. The molecule has 0 aliphatic carbocycles. The Morgan fingerprint density at radius 1 is 0.963 bits per heavy atom. The van der Waals surface area contributed by atoms with Crippen molar-refractivity contribution in [2.24, 2.45) is 17.6 Å². The van der Waals surface area contributed by atoms with E-state index in [9.17, 15) is 4.79 Å². The Kier molecular flexibility index (Phi) is 5.28. The van der Waals surface area contributed by atoms with Crippen LogP contribution >= 0.6 is 0 Å². The molecule has 2 aromatic carbocycles. The van der Waals surface area contributed by atoms with Crippen molar-refractivity contribution in [3.05, 3.63) is 66.2 Å². The molecule has 2 heterocycles. The molecule has 2 fully saturated rings. The van der Waals surface area contributed by atoms with Crippen molar-refractivity contribution in [2.45, 2.75) is 19.4 Å². The van der Waals surface area contributed by atoms with E-state index in [1.165, 1.54) is 17.7 Å². The van der Waals surface area contributed by atoms with E-state index in [0.29, 0.717) is 18.3 Å². The molecule has 2 N–H and O–H groups in total. The average molecular weight is 365 g/mol. The van der Waals surface area contributed by atoms with Gasteiger partial charge in [-0.1, -0.05) is 48.5 Å². The smallest absolute Gasteiger partial charge is 0.223 e. The van der Waals surface area contributed by atoms with Crippen molar-refractivity contribution in [3.63, 3.8) is 0 Å². The Bertz CT molecular complexity index is 748. The highest BCUT2D eigenvalue weighted by Crippen LogP contribution is 2.37. The molecule has 142 valence electrons. The van der Waals surface area contributed by atoms with Crippen LogP contribution in [0, 0.1) is 11.8 Å². The van der Waals surface area contributed by atoms with Gasteiger partial charge in [0.15, 0.2) is 0 Å². The first kappa shape index (κ1) is 18.2. The van der Waals surface area contributed by atoms with E-state index in [4.69, 9.17) is 5.73 Å². The molecule has 4 rings (SSSR count). The van der Waals surface area contributed by atoms with E-state index in [-0.39, 0.29) is 5.91 Å². The Morgan fingerprint density at radius 2 is 1.56 bits per heavy atom. The third-order valence-electron chi connectivity index (χ3n) is 6.25. The molecule has 2 bridgehead atoms. The van der Waals surface area contributed by atoms with Crippen molar-refractivity contribution < 1.29 is 4.79 Å². The van der Waals surface area contributed by atoms with Crippen LogP contribution in [0.1, 0.15) is 18.4 Å². The highest BCUT2D eigenvalue weighted by Gasteiger charge is 2.45. The minimum atomic E-state index is -0.190. The lowest BCUT2D eigenvalue weighted by atomic mass is 9.82. The predicted octanol–water partition coefficient (Wildman–Crippen LogP) is 3.02. The van der Waals surface area contributed by atoms with Gasteiger partial charge in [-0.25, -0.2) is 0 Å². The fourth-order valence-electron chi connectivity index (χ4n) is 5.31. The summed E-state index contributed by atoms with van der Waals surface area (Å²) in [7, 11) is 0. The van der Waals surface area contributed by atoms with Crippen LogP contribution in [0.5, 0.6) is 0 Å². The predicted molar refractivity (Wildman–Crippen MR) is 110 cm³/mol. The number of nitrogens with two attached hydrogens (primary N) is 1. The van der Waals surface area contributed by atoms with Gasteiger partial charge in [0, 0.05) is 31.5 Å². The van der Waals surface area contributed by atoms with Crippen LogP contribution in [-0.2, 0) is 11.3 Å². The maximum absolute atomic E-state index is 11.5. The highest BCUT2D eigenvalue weighted by molar-refractivity contribution is 5.74. The van der Waals surface area contributed by atoms with Crippen LogP contribution in [-0.4, -0.2) is 43.5 Å². The van der Waals surface area contributed by atoms with Gasteiger partial charge in [0.2, 0.25) is 5.91 Å². The van der Waals surface area contributed by atoms with Crippen LogP contribution in [0.2, 0.25) is 0 Å². The largest absolute Gasteiger partial charge is 0.369 e. The zero-order valence-electron chi connectivity index (χ0n) is 16.0. The molecule has 2 saturated heterocycles. The van der Waals surface area contributed by atoms with E-state index in [0.717, 1.165) is 43.8 Å². The SMILES string of the molecule is NC(=O)CC[N+]1(c2ccccc2)CC2CC(CN(Cc3ccccc3)C2)C1. The summed E-state index contributed by atoms with van der Waals surface area (Å²) in [6, 6.07) is 21.5. The lowest BCUT2D eigenvalue weighted by molar-refractivity contribution is -0.118. The van der Waals surface area contributed by atoms with Gasteiger partial charge in [-0.2, -0.15) is 0 Å². The first-order chi connectivity index (χ1) is 13.1. The highest BCUT2D eigenvalue weighted by atomic mass is 16.1. The van der Waals surface area contributed by atoms with E-state index in [2.05, 4.69) is 65.6 Å². The van der Waals surface area contributed by atoms with Crippen LogP contribution in [0.3, 0.4) is 0 Å². The second-order valence-electron chi connectivity index (χ2n) is 8.43. The Hall–Kier alpha value is -2.17. The second kappa shape index (κ2) is 7.83. The molecule has 2 aromatic rings. The van der Waals surface area contributed by atoms with Crippen molar-refractivity contribution in [1.82, 2.24) is 9.38 Å². The topological polar surface area (TPSA) is 46.3 Å². The lowest BCUT2D eigenvalue weighted by Gasteiger charge is -2.51. The number of hydrogen-bond acceptors (Lipinski definition) is 2. The molecular formula is C23H30N3O+. The minimum absolute atomic E-state index is 0.190. The minimum Gasteiger partial charge on any atom is -0.369 e. The molecular weight excluding hydrogens is 334 g/mol. The number of fused-ring (bicyclic) bond motifs is 2. The van der Waals surface area contributed by atoms with E-state index >= 15 is 0 Å². The number of carbonyl (C=O) groups excluding carboxylic acids is 1. The van der Waals surface area contributed by atoms with Gasteiger partial charge >= 0.3 is 0 Å². The molecule has 27 heavy (non-hydrogen) atoms. The van der Waals surface area contributed by atoms with Crippen molar-refractivity contribution in [3.8, 4) is 0 Å². The summed E-state index contributed by atoms with van der Waals surface area (Å²) in [6.45, 7) is 6.38. The molecule has 2 atom stereocenters. The zero-order valence-corrected chi connectivity index (χ0v) is 16.0. The molecule has 0 radical (unpaired) electrons. The van der Waals surface area contributed by atoms with Crippen molar-refractivity contribution in [2.75, 3.05) is 32.7 Å². The van der Waals surface area contributed by atoms with Gasteiger partial charge in [-0.15, -0.1) is 0 Å². The maximum atomic E-state index is 11.5. The van der Waals surface area contributed by atoms with Crippen molar-refractivity contribution in [1.29, 1.82) is 0 Å². The Balaban J connectivity index is 1.51. The van der Waals surface area contributed by atoms with Gasteiger partial charge < -0.3 is 5.73 Å². The van der Waals surface area contributed by atoms with Gasteiger partial charge in [0.25, 0.3) is 0 Å². The monoisotopic (exact) mass is 364 g/mol. The normalized spacial score (nSPS) is 28.0. The van der Waals surface area contributed by atoms with E-state index in [1.807, 2.05) is 0 Å². The molecule has 1 amide bonds. The summed E-state index contributed by atoms with van der Waals surface area (Å²) in [5.74, 6) is 1.16. The van der Waals surface area contributed by atoms with Crippen LogP contribution in [0.4, 0.5) is 5.69 Å². The first-order valence-corrected chi connectivity index (χ1v) is 10.1. The van der Waals surface area contributed by atoms with Gasteiger partial charge in [0.1, 0.15) is 5.69 Å². The first-order valence-electron chi connectivity index (χ1n) is 10.1. The summed E-state index contributed by atoms with van der Waals surface area (Å²) < 4.78 is 0.915. The standard InChI is InChI=1S/C23H29N3O/c24-23(27)11-12-26(22-9-5-2-6-10-22)17-20-13-21(18-26)16-25(15-20)14-19-7-3-1-4-8-19/h1-10,20-21H,11-18H2,(H-,24,27)/p+1. The summed E-state index contributed by atoms with van der Waals surface area (Å²) >= 11 is 0. The number of quaternary nitrogens is 1. The summed E-state index contributed by atoms with van der Waals surface area (Å²) in [5, 5.41) is 0. The molecule has 2 unspecified atom stereocenters. The Morgan fingerprint density at radius 3 is 2.15 bits per heavy atom. The molecule has 0 aromatic heterocycles. The molecule has 4 nitrogen and oxygen atoms in total. The summed E-state index contributed by atoms with van der Waals surface area (Å²) in [4.78, 5) is 14.1. The zero-order chi connectivity index (χ0) is 18.7. The fourth-order valence-corrected chi connectivity index (χ4v) is 5.31. The molecule has 2 aliphatic rings. The average Bonchev–Trinajstić information content (AvgIpc) is 2.67. The lowest BCUT2D eigenvalue weighted by Crippen LogP contribution is -2.64. The van der Waals surface area contributed by atoms with Gasteiger partial charge in [0.05, 0.1) is 26.1 Å². The number of rotatable bonds is 6. The molecule has 2 aliphatic heterocycles. The quantitative estimate of drug-likeness (QED) is 0.801. The number of hydrogen-bond donors (Lipinski definition) is 1. The van der Waals surface area contributed by atoms with Gasteiger partial charge in [-0.3, -0.25) is 14.2 Å². The van der Waals surface area contributed by atoms with Crippen LogP contribution in [0.25, 0.3) is 0 Å². The number of likely N-dealkylation sites (tertiary alicyclic amines) is 2.